The fourth-order valence-electron chi connectivity index (χ4n) is 4.99. The Morgan fingerprint density at radius 1 is 0.941 bits per heavy atom. The number of benzene rings is 3. The van der Waals surface area contributed by atoms with Gasteiger partial charge in [0.05, 0.1) is 25.2 Å². The maximum Gasteiger partial charge on any atom is 0.231 e. The second-order valence-electron chi connectivity index (χ2n) is 8.33. The fraction of sp³-hybridized carbons (Fsp3) is 0.222. The molecule has 0 aliphatic carbocycles. The molecular formula is C27H23BrFNO4. The summed E-state index contributed by atoms with van der Waals surface area (Å²) in [5.41, 5.74) is 5.70. The highest BCUT2D eigenvalue weighted by Gasteiger charge is 2.32. The number of aromatic nitrogens is 1. The Morgan fingerprint density at radius 3 is 2.44 bits per heavy atom. The summed E-state index contributed by atoms with van der Waals surface area (Å²) in [7, 11) is 3.31. The van der Waals surface area contributed by atoms with Crippen LogP contribution in [0.5, 0.6) is 23.0 Å². The zero-order chi connectivity index (χ0) is 22.5. The Bertz CT molecular complexity index is 1400. The lowest BCUT2D eigenvalue weighted by Gasteiger charge is -2.21. The van der Waals surface area contributed by atoms with Gasteiger partial charge in [0.1, 0.15) is 5.82 Å². The summed E-state index contributed by atoms with van der Waals surface area (Å²) in [5, 5.41) is 2.07. The quantitative estimate of drug-likeness (QED) is 0.383. The van der Waals surface area contributed by atoms with Crippen LogP contribution in [0.25, 0.3) is 22.0 Å². The van der Waals surface area contributed by atoms with Gasteiger partial charge in [0.15, 0.2) is 35.7 Å². The summed E-state index contributed by atoms with van der Waals surface area (Å²) in [6, 6.07) is 14.9. The van der Waals surface area contributed by atoms with E-state index in [9.17, 15) is 4.39 Å². The van der Waals surface area contributed by atoms with Gasteiger partial charge in [0.25, 0.3) is 0 Å². The molecular weight excluding hydrogens is 501 g/mol. The summed E-state index contributed by atoms with van der Waals surface area (Å²) in [6.45, 7) is 1.07. The number of aryl methyl sites for hydroxylation is 2. The minimum absolute atomic E-state index is 0. The third kappa shape index (κ3) is 3.55. The lowest BCUT2D eigenvalue weighted by molar-refractivity contribution is -0.686. The predicted octanol–water partition coefficient (Wildman–Crippen LogP) is 1.83. The molecule has 34 heavy (non-hydrogen) atoms. The molecule has 0 radical (unpaired) electrons. The highest BCUT2D eigenvalue weighted by Crippen LogP contribution is 2.44. The van der Waals surface area contributed by atoms with E-state index in [0.717, 1.165) is 57.6 Å². The topological polar surface area (TPSA) is 40.8 Å². The van der Waals surface area contributed by atoms with Crippen LogP contribution in [0.4, 0.5) is 4.39 Å². The van der Waals surface area contributed by atoms with Gasteiger partial charge in [-0.3, -0.25) is 0 Å². The van der Waals surface area contributed by atoms with Crippen LogP contribution in [0.2, 0.25) is 0 Å². The first-order valence-electron chi connectivity index (χ1n) is 10.9. The molecule has 7 heteroatoms. The molecule has 2 aliphatic heterocycles. The van der Waals surface area contributed by atoms with Gasteiger partial charge in [-0.05, 0) is 47.5 Å². The third-order valence-corrected chi connectivity index (χ3v) is 6.54. The van der Waals surface area contributed by atoms with Crippen molar-refractivity contribution >= 4 is 10.8 Å². The van der Waals surface area contributed by atoms with Crippen molar-refractivity contribution in [3.63, 3.8) is 0 Å². The molecule has 4 aromatic rings. The van der Waals surface area contributed by atoms with E-state index in [1.165, 1.54) is 17.7 Å². The second-order valence-corrected chi connectivity index (χ2v) is 8.33. The molecule has 0 amide bonds. The largest absolute Gasteiger partial charge is 1.00 e. The van der Waals surface area contributed by atoms with Crippen LogP contribution < -0.4 is 40.5 Å². The van der Waals surface area contributed by atoms with Crippen LogP contribution in [0.3, 0.4) is 0 Å². The molecule has 0 atom stereocenters. The van der Waals surface area contributed by atoms with Gasteiger partial charge in [0.2, 0.25) is 12.5 Å². The first-order chi connectivity index (χ1) is 16.2. The van der Waals surface area contributed by atoms with Crippen molar-refractivity contribution in [2.45, 2.75) is 19.4 Å². The van der Waals surface area contributed by atoms with E-state index >= 15 is 0 Å². The van der Waals surface area contributed by atoms with Gasteiger partial charge in [-0.2, -0.15) is 4.57 Å². The number of hydrogen-bond donors (Lipinski definition) is 0. The molecule has 0 fully saturated rings. The summed E-state index contributed by atoms with van der Waals surface area (Å²) in [5.74, 6) is 2.73. The van der Waals surface area contributed by atoms with Crippen LogP contribution in [-0.4, -0.2) is 21.0 Å². The van der Waals surface area contributed by atoms with Crippen molar-refractivity contribution in [1.29, 1.82) is 0 Å². The van der Waals surface area contributed by atoms with Crippen molar-refractivity contribution in [3.05, 3.63) is 77.2 Å². The number of rotatable bonds is 4. The molecule has 1 aromatic heterocycles. The Kier molecular flexibility index (Phi) is 5.81. The Labute approximate surface area is 207 Å². The molecule has 174 valence electrons. The smallest absolute Gasteiger partial charge is 0.231 e. The van der Waals surface area contributed by atoms with Crippen molar-refractivity contribution in [3.8, 4) is 34.3 Å². The van der Waals surface area contributed by atoms with Crippen molar-refractivity contribution < 1.29 is 44.9 Å². The molecule has 0 bridgehead atoms. The number of fused-ring (bicyclic) bond motifs is 5. The van der Waals surface area contributed by atoms with Crippen LogP contribution in [-0.2, 0) is 19.4 Å². The fourth-order valence-corrected chi connectivity index (χ4v) is 4.99. The highest BCUT2D eigenvalue weighted by molar-refractivity contribution is 5.95. The molecule has 0 spiro atoms. The SMILES string of the molecule is COc1ccc2c(Cc3ccc(F)cc3)c3[n+](cc2c1OC)CCc1cc2c(cc1-3)OCO2.[Br-]. The van der Waals surface area contributed by atoms with E-state index in [4.69, 9.17) is 18.9 Å². The monoisotopic (exact) mass is 523 g/mol. The average molecular weight is 524 g/mol. The summed E-state index contributed by atoms with van der Waals surface area (Å²) >= 11 is 0. The number of methoxy groups -OCH3 is 2. The molecule has 0 saturated heterocycles. The van der Waals surface area contributed by atoms with Gasteiger partial charge in [-0.15, -0.1) is 0 Å². The molecule has 0 saturated carbocycles. The molecule has 0 unspecified atom stereocenters. The number of halogens is 2. The predicted molar refractivity (Wildman–Crippen MR) is 122 cm³/mol. The molecule has 0 N–H and O–H groups in total. The van der Waals surface area contributed by atoms with E-state index in [2.05, 4.69) is 29.0 Å². The van der Waals surface area contributed by atoms with Gasteiger partial charge in [-0.1, -0.05) is 12.1 Å². The normalized spacial score (nSPS) is 13.1. The lowest BCUT2D eigenvalue weighted by atomic mass is 9.88. The Balaban J connectivity index is 0.00000241. The zero-order valence-corrected chi connectivity index (χ0v) is 20.4. The lowest BCUT2D eigenvalue weighted by Crippen LogP contribution is -3.00. The van der Waals surface area contributed by atoms with Gasteiger partial charge >= 0.3 is 0 Å². The zero-order valence-electron chi connectivity index (χ0n) is 18.9. The van der Waals surface area contributed by atoms with E-state index in [1.54, 1.807) is 14.2 Å². The van der Waals surface area contributed by atoms with Crippen LogP contribution in [0, 0.1) is 5.82 Å². The summed E-state index contributed by atoms with van der Waals surface area (Å²) < 4.78 is 38.5. The summed E-state index contributed by atoms with van der Waals surface area (Å²) in [6.07, 6.45) is 3.68. The maximum atomic E-state index is 13.6. The number of ether oxygens (including phenoxy) is 4. The molecule has 5 nitrogen and oxygen atoms in total. The number of pyridine rings is 1. The van der Waals surface area contributed by atoms with Crippen LogP contribution in [0.15, 0.2) is 54.7 Å². The number of hydrogen-bond acceptors (Lipinski definition) is 4. The standard InChI is InChI=1S/C27H23FNO4.BrH/c1-30-23-8-7-19-21(11-16-3-5-18(28)6-4-16)26-20-13-25-24(32-15-33-25)12-17(20)9-10-29(26)14-22(19)27(23)31-2;/h3-8,12-14H,9-11,15H2,1-2H3;1H/q+1;/p-1. The molecule has 3 heterocycles. The van der Waals surface area contributed by atoms with E-state index in [-0.39, 0.29) is 29.6 Å². The van der Waals surface area contributed by atoms with Crippen molar-refractivity contribution in [1.82, 2.24) is 0 Å². The van der Waals surface area contributed by atoms with Gasteiger partial charge < -0.3 is 35.9 Å². The van der Waals surface area contributed by atoms with Gasteiger partial charge in [-0.25, -0.2) is 4.39 Å². The summed E-state index contributed by atoms with van der Waals surface area (Å²) in [4.78, 5) is 0. The second kappa shape index (κ2) is 8.80. The Morgan fingerprint density at radius 2 is 1.71 bits per heavy atom. The van der Waals surface area contributed by atoms with Crippen molar-refractivity contribution in [2.75, 3.05) is 21.0 Å². The molecule has 6 rings (SSSR count). The first kappa shape index (κ1) is 22.5. The third-order valence-electron chi connectivity index (χ3n) is 6.54. The highest BCUT2D eigenvalue weighted by atomic mass is 79.9. The van der Waals surface area contributed by atoms with Crippen molar-refractivity contribution in [2.24, 2.45) is 0 Å². The molecule has 3 aromatic carbocycles. The number of nitrogens with zero attached hydrogens (tertiary/aromatic N) is 1. The van der Waals surface area contributed by atoms with E-state index in [0.29, 0.717) is 17.9 Å². The van der Waals surface area contributed by atoms with E-state index in [1.807, 2.05) is 18.2 Å². The Hall–Kier alpha value is -3.32. The van der Waals surface area contributed by atoms with E-state index < -0.39 is 0 Å². The molecule has 2 aliphatic rings. The van der Waals surface area contributed by atoms with Crippen LogP contribution in [0.1, 0.15) is 16.7 Å². The van der Waals surface area contributed by atoms with Gasteiger partial charge in [0, 0.05) is 23.8 Å². The van der Waals surface area contributed by atoms with Crippen LogP contribution >= 0.6 is 0 Å². The minimum atomic E-state index is -0.238. The first-order valence-corrected chi connectivity index (χ1v) is 10.9. The maximum absolute atomic E-state index is 13.6. The minimum Gasteiger partial charge on any atom is -1.00 e. The average Bonchev–Trinajstić information content (AvgIpc) is 3.30.